The number of carboxylic acid groups (broad SMARTS) is 1. The maximum atomic E-state index is 13.0. The van der Waals surface area contributed by atoms with Crippen LogP contribution in [0.4, 0.5) is 5.69 Å². The molecule has 0 aliphatic carbocycles. The Morgan fingerprint density at radius 3 is 2.81 bits per heavy atom. The van der Waals surface area contributed by atoms with Gasteiger partial charge in [0.1, 0.15) is 5.71 Å². The van der Waals surface area contributed by atoms with E-state index >= 15 is 0 Å². The highest BCUT2D eigenvalue weighted by atomic mass is 16.5. The van der Waals surface area contributed by atoms with Crippen LogP contribution < -0.4 is 5.01 Å². The van der Waals surface area contributed by atoms with Gasteiger partial charge in [-0.05, 0) is 31.0 Å². The van der Waals surface area contributed by atoms with Crippen molar-refractivity contribution in [3.05, 3.63) is 29.3 Å². The van der Waals surface area contributed by atoms with E-state index in [9.17, 15) is 14.4 Å². The van der Waals surface area contributed by atoms with E-state index in [1.807, 2.05) is 32.0 Å². The highest BCUT2D eigenvalue weighted by Gasteiger charge is 2.34. The van der Waals surface area contributed by atoms with Crippen molar-refractivity contribution in [2.45, 2.75) is 39.2 Å². The molecule has 3 rings (SSSR count). The van der Waals surface area contributed by atoms with Crippen LogP contribution in [-0.2, 0) is 19.1 Å². The lowest BCUT2D eigenvalue weighted by Gasteiger charge is -2.36. The van der Waals surface area contributed by atoms with Crippen LogP contribution in [0.5, 0.6) is 0 Å². The second-order valence-corrected chi connectivity index (χ2v) is 6.87. The molecule has 1 aromatic rings. The number of morpholine rings is 1. The zero-order valence-electron chi connectivity index (χ0n) is 15.5. The molecule has 27 heavy (non-hydrogen) atoms. The molecule has 0 bridgehead atoms. The highest BCUT2D eigenvalue weighted by Crippen LogP contribution is 2.26. The van der Waals surface area contributed by atoms with E-state index in [2.05, 4.69) is 5.10 Å². The second kappa shape index (κ2) is 7.87. The number of benzene rings is 1. The number of amides is 2. The van der Waals surface area contributed by atoms with Crippen molar-refractivity contribution in [2.75, 3.05) is 24.8 Å². The number of rotatable bonds is 4. The first-order valence-corrected chi connectivity index (χ1v) is 8.95. The largest absolute Gasteiger partial charge is 0.481 e. The fourth-order valence-corrected chi connectivity index (χ4v) is 3.30. The summed E-state index contributed by atoms with van der Waals surface area (Å²) in [6, 6.07) is 5.20. The molecule has 1 aromatic carbocycles. The highest BCUT2D eigenvalue weighted by molar-refractivity contribution is 6.40. The summed E-state index contributed by atoms with van der Waals surface area (Å²) < 4.78 is 5.33. The van der Waals surface area contributed by atoms with Crippen LogP contribution in [0.1, 0.15) is 30.4 Å². The number of hydrazone groups is 1. The maximum absolute atomic E-state index is 13.0. The van der Waals surface area contributed by atoms with Crippen molar-refractivity contribution in [3.8, 4) is 0 Å². The molecule has 8 heteroatoms. The average Bonchev–Trinajstić information content (AvgIpc) is 2.64. The molecule has 2 aliphatic heterocycles. The van der Waals surface area contributed by atoms with Crippen LogP contribution in [-0.4, -0.2) is 59.3 Å². The van der Waals surface area contributed by atoms with E-state index in [4.69, 9.17) is 9.84 Å². The standard InChI is InChI=1S/C19H23N3O5/c1-12-3-4-13(2)16(9-12)22-17(23)6-5-15(20-22)19(26)21-7-8-27-11-14(21)10-18(24)25/h3-4,9,14H,5-8,10-11H2,1-2H3,(H,24,25). The van der Waals surface area contributed by atoms with Crippen LogP contribution in [0.15, 0.2) is 23.3 Å². The summed E-state index contributed by atoms with van der Waals surface area (Å²) in [7, 11) is 0. The van der Waals surface area contributed by atoms with Crippen molar-refractivity contribution in [3.63, 3.8) is 0 Å². The van der Waals surface area contributed by atoms with Gasteiger partial charge in [-0.3, -0.25) is 14.4 Å². The van der Waals surface area contributed by atoms with Gasteiger partial charge in [-0.1, -0.05) is 12.1 Å². The number of carbonyl (C=O) groups is 3. The zero-order chi connectivity index (χ0) is 19.6. The summed E-state index contributed by atoms with van der Waals surface area (Å²) in [5.74, 6) is -1.47. The first-order valence-electron chi connectivity index (χ1n) is 8.95. The van der Waals surface area contributed by atoms with Crippen LogP contribution in [0.25, 0.3) is 0 Å². The summed E-state index contributed by atoms with van der Waals surface area (Å²) in [6.45, 7) is 4.67. The topological polar surface area (TPSA) is 99.5 Å². The molecule has 8 nitrogen and oxygen atoms in total. The first-order chi connectivity index (χ1) is 12.9. The van der Waals surface area contributed by atoms with E-state index in [1.165, 1.54) is 9.91 Å². The Balaban J connectivity index is 1.88. The normalized spacial score (nSPS) is 20.4. The van der Waals surface area contributed by atoms with Gasteiger partial charge < -0.3 is 14.7 Å². The Morgan fingerprint density at radius 2 is 2.07 bits per heavy atom. The average molecular weight is 373 g/mol. The number of hydrogen-bond donors (Lipinski definition) is 1. The predicted molar refractivity (Wildman–Crippen MR) is 98.6 cm³/mol. The van der Waals surface area contributed by atoms with Crippen molar-refractivity contribution in [1.82, 2.24) is 4.90 Å². The van der Waals surface area contributed by atoms with Gasteiger partial charge in [-0.25, -0.2) is 5.01 Å². The minimum absolute atomic E-state index is 0.163. The van der Waals surface area contributed by atoms with Gasteiger partial charge in [0.15, 0.2) is 0 Å². The van der Waals surface area contributed by atoms with Gasteiger partial charge in [0, 0.05) is 19.4 Å². The van der Waals surface area contributed by atoms with Crippen molar-refractivity contribution >= 4 is 29.2 Å². The Bertz CT molecular complexity index is 805. The molecule has 1 atom stereocenters. The molecule has 1 N–H and O–H groups in total. The molecule has 2 heterocycles. The van der Waals surface area contributed by atoms with Crippen LogP contribution in [0, 0.1) is 13.8 Å². The Labute approximate surface area is 157 Å². The number of aliphatic carboxylic acids is 1. The van der Waals surface area contributed by atoms with Crippen LogP contribution >= 0.6 is 0 Å². The molecule has 0 saturated carbocycles. The molecule has 0 aromatic heterocycles. The van der Waals surface area contributed by atoms with Crippen molar-refractivity contribution in [2.24, 2.45) is 5.10 Å². The second-order valence-electron chi connectivity index (χ2n) is 6.87. The van der Waals surface area contributed by atoms with Crippen molar-refractivity contribution < 1.29 is 24.2 Å². The smallest absolute Gasteiger partial charge is 0.305 e. The van der Waals surface area contributed by atoms with Crippen molar-refractivity contribution in [1.29, 1.82) is 0 Å². The first kappa shape index (κ1) is 19.0. The van der Waals surface area contributed by atoms with Gasteiger partial charge in [0.05, 0.1) is 31.4 Å². The van der Waals surface area contributed by atoms with Crippen LogP contribution in [0.3, 0.4) is 0 Å². The minimum Gasteiger partial charge on any atom is -0.481 e. The zero-order valence-corrected chi connectivity index (χ0v) is 15.5. The molecule has 2 amide bonds. The number of anilines is 1. The van der Waals surface area contributed by atoms with Gasteiger partial charge in [0.2, 0.25) is 5.91 Å². The number of hydrogen-bond acceptors (Lipinski definition) is 5. The molecular formula is C19H23N3O5. The number of nitrogens with zero attached hydrogens (tertiary/aromatic N) is 3. The quantitative estimate of drug-likeness (QED) is 0.862. The molecule has 2 aliphatic rings. The monoisotopic (exact) mass is 373 g/mol. The number of aryl methyl sites for hydroxylation is 2. The molecule has 0 radical (unpaired) electrons. The molecule has 1 saturated heterocycles. The summed E-state index contributed by atoms with van der Waals surface area (Å²) in [4.78, 5) is 38.0. The fourth-order valence-electron chi connectivity index (χ4n) is 3.30. The SMILES string of the molecule is Cc1ccc(C)c(N2N=C(C(=O)N3CCOCC3CC(=O)O)CCC2=O)c1. The third-order valence-corrected chi connectivity index (χ3v) is 4.77. The van der Waals surface area contributed by atoms with Gasteiger partial charge in [0.25, 0.3) is 5.91 Å². The lowest BCUT2D eigenvalue weighted by atomic mass is 10.1. The predicted octanol–water partition coefficient (Wildman–Crippen LogP) is 1.49. The van der Waals surface area contributed by atoms with E-state index in [1.54, 1.807) is 0 Å². The molecule has 1 unspecified atom stereocenters. The van der Waals surface area contributed by atoms with E-state index in [0.717, 1.165) is 11.1 Å². The third kappa shape index (κ3) is 4.16. The molecule has 0 spiro atoms. The van der Waals surface area contributed by atoms with Gasteiger partial charge in [-0.2, -0.15) is 5.10 Å². The van der Waals surface area contributed by atoms with E-state index in [-0.39, 0.29) is 43.4 Å². The third-order valence-electron chi connectivity index (χ3n) is 4.77. The summed E-state index contributed by atoms with van der Waals surface area (Å²) in [5, 5.41) is 14.7. The van der Waals surface area contributed by atoms with Crippen LogP contribution in [0.2, 0.25) is 0 Å². The van der Waals surface area contributed by atoms with E-state index < -0.39 is 12.0 Å². The molecule has 1 fully saturated rings. The molecular weight excluding hydrogens is 350 g/mol. The van der Waals surface area contributed by atoms with Gasteiger partial charge >= 0.3 is 5.97 Å². The maximum Gasteiger partial charge on any atom is 0.305 e. The minimum atomic E-state index is -0.985. The van der Waals surface area contributed by atoms with E-state index in [0.29, 0.717) is 18.8 Å². The Hall–Kier alpha value is -2.74. The number of carbonyl (C=O) groups excluding carboxylic acids is 2. The lowest BCUT2D eigenvalue weighted by molar-refractivity contribution is -0.143. The number of carboxylic acids is 1. The summed E-state index contributed by atoms with van der Waals surface area (Å²) in [6.07, 6.45) is 0.251. The van der Waals surface area contributed by atoms with Gasteiger partial charge in [-0.15, -0.1) is 0 Å². The molecule has 144 valence electrons. The number of ether oxygens (including phenoxy) is 1. The Kier molecular flexibility index (Phi) is 5.55. The lowest BCUT2D eigenvalue weighted by Crippen LogP contribution is -2.52. The fraction of sp³-hybridized carbons (Fsp3) is 0.474. The summed E-state index contributed by atoms with van der Waals surface area (Å²) in [5.41, 5.74) is 2.81. The summed E-state index contributed by atoms with van der Waals surface area (Å²) >= 11 is 0. The Morgan fingerprint density at radius 1 is 1.30 bits per heavy atom.